The van der Waals surface area contributed by atoms with Crippen molar-refractivity contribution in [2.24, 2.45) is 7.05 Å². The molecular formula is C12H16N4O3S. The zero-order valence-electron chi connectivity index (χ0n) is 10.9. The average molecular weight is 296 g/mol. The summed E-state index contributed by atoms with van der Waals surface area (Å²) in [6.07, 6.45) is 0.387. The number of hydrogen-bond donors (Lipinski definition) is 3. The fourth-order valence-electron chi connectivity index (χ4n) is 1.81. The van der Waals surface area contributed by atoms with E-state index in [0.717, 1.165) is 0 Å². The third-order valence-electron chi connectivity index (χ3n) is 2.82. The molecule has 8 heteroatoms. The maximum atomic E-state index is 12.1. The summed E-state index contributed by atoms with van der Waals surface area (Å²) in [6.45, 7) is -0.142. The molecule has 0 amide bonds. The summed E-state index contributed by atoms with van der Waals surface area (Å²) in [5.74, 6) is -0.0748. The van der Waals surface area contributed by atoms with Crippen LogP contribution in [-0.4, -0.2) is 29.6 Å². The van der Waals surface area contributed by atoms with Crippen LogP contribution in [0.5, 0.6) is 0 Å². The predicted molar refractivity (Wildman–Crippen MR) is 74.2 cm³/mol. The zero-order valence-corrected chi connectivity index (χ0v) is 11.7. The van der Waals surface area contributed by atoms with Gasteiger partial charge in [-0.2, -0.15) is 0 Å². The second kappa shape index (κ2) is 5.61. The fourth-order valence-corrected chi connectivity index (χ4v) is 3.08. The summed E-state index contributed by atoms with van der Waals surface area (Å²) in [5.41, 5.74) is 6.16. The van der Waals surface area contributed by atoms with Gasteiger partial charge < -0.3 is 15.4 Å². The molecule has 0 spiro atoms. The Morgan fingerprint density at radius 1 is 1.40 bits per heavy atom. The first-order chi connectivity index (χ1) is 9.42. The van der Waals surface area contributed by atoms with Crippen LogP contribution in [0.15, 0.2) is 41.7 Å². The van der Waals surface area contributed by atoms with Gasteiger partial charge in [-0.25, -0.2) is 18.1 Å². The van der Waals surface area contributed by atoms with Gasteiger partial charge >= 0.3 is 0 Å². The van der Waals surface area contributed by atoms with Crippen molar-refractivity contribution in [3.8, 4) is 0 Å². The number of nitrogens with zero attached hydrogens (tertiary/aromatic N) is 2. The lowest BCUT2D eigenvalue weighted by Gasteiger charge is -2.13. The number of aliphatic hydroxyl groups is 1. The Bertz CT molecular complexity index is 662. The molecule has 0 aliphatic carbocycles. The van der Waals surface area contributed by atoms with E-state index in [9.17, 15) is 13.5 Å². The van der Waals surface area contributed by atoms with E-state index in [4.69, 9.17) is 5.73 Å². The van der Waals surface area contributed by atoms with Crippen LogP contribution in [-0.2, 0) is 17.1 Å². The highest BCUT2D eigenvalue weighted by molar-refractivity contribution is 7.89. The standard InChI is InChI=1S/C12H16N4O3S/c1-16-8-14-11(13)12(16)20(18,19)15-7-10(17)9-5-3-2-4-6-9/h2-6,8,10,15,17H,7,13H2,1H3. The van der Waals surface area contributed by atoms with Gasteiger partial charge in [-0.05, 0) is 5.56 Å². The predicted octanol–water partition coefficient (Wildman–Crippen LogP) is 0.0142. The van der Waals surface area contributed by atoms with Crippen molar-refractivity contribution < 1.29 is 13.5 Å². The number of aryl methyl sites for hydroxylation is 1. The second-order valence-corrected chi connectivity index (χ2v) is 6.01. The van der Waals surface area contributed by atoms with E-state index < -0.39 is 16.1 Å². The quantitative estimate of drug-likeness (QED) is 0.720. The maximum absolute atomic E-state index is 12.1. The second-order valence-electron chi connectivity index (χ2n) is 4.32. The molecule has 1 atom stereocenters. The first-order valence-corrected chi connectivity index (χ1v) is 7.39. The van der Waals surface area contributed by atoms with Crippen LogP contribution in [0, 0.1) is 0 Å². The van der Waals surface area contributed by atoms with Crippen LogP contribution < -0.4 is 10.5 Å². The number of benzene rings is 1. The summed E-state index contributed by atoms with van der Waals surface area (Å²) in [7, 11) is -2.28. The summed E-state index contributed by atoms with van der Waals surface area (Å²) in [4.78, 5) is 3.73. The SMILES string of the molecule is Cn1cnc(N)c1S(=O)(=O)NCC(O)c1ccccc1. The largest absolute Gasteiger partial charge is 0.387 e. The Labute approximate surface area is 117 Å². The van der Waals surface area contributed by atoms with E-state index >= 15 is 0 Å². The van der Waals surface area contributed by atoms with E-state index in [-0.39, 0.29) is 17.4 Å². The molecular weight excluding hydrogens is 280 g/mol. The lowest BCUT2D eigenvalue weighted by Crippen LogP contribution is -2.30. The van der Waals surface area contributed by atoms with Crippen LogP contribution in [0.2, 0.25) is 0 Å². The molecule has 4 N–H and O–H groups in total. The third kappa shape index (κ3) is 2.98. The van der Waals surface area contributed by atoms with Gasteiger partial charge in [0.2, 0.25) is 0 Å². The van der Waals surface area contributed by atoms with Crippen molar-refractivity contribution >= 4 is 15.8 Å². The summed E-state index contributed by atoms with van der Waals surface area (Å²) >= 11 is 0. The molecule has 0 saturated carbocycles. The summed E-state index contributed by atoms with van der Waals surface area (Å²) in [5, 5.41) is 9.83. The number of nitrogens with two attached hydrogens (primary N) is 1. The highest BCUT2D eigenvalue weighted by atomic mass is 32.2. The minimum Gasteiger partial charge on any atom is -0.387 e. The molecule has 20 heavy (non-hydrogen) atoms. The molecule has 0 bridgehead atoms. The van der Waals surface area contributed by atoms with Gasteiger partial charge in [-0.15, -0.1) is 0 Å². The topological polar surface area (TPSA) is 110 Å². The third-order valence-corrected chi connectivity index (χ3v) is 4.37. The minimum absolute atomic E-state index is 0.0748. The minimum atomic E-state index is -3.82. The van der Waals surface area contributed by atoms with Crippen molar-refractivity contribution in [1.82, 2.24) is 14.3 Å². The van der Waals surface area contributed by atoms with Crippen LogP contribution in [0.1, 0.15) is 11.7 Å². The lowest BCUT2D eigenvalue weighted by molar-refractivity contribution is 0.182. The summed E-state index contributed by atoms with van der Waals surface area (Å²) in [6, 6.07) is 8.80. The molecule has 1 aromatic heterocycles. The average Bonchev–Trinajstić information content (AvgIpc) is 2.77. The Balaban J connectivity index is 2.11. The molecule has 0 fully saturated rings. The van der Waals surface area contributed by atoms with Gasteiger partial charge in [0.25, 0.3) is 10.0 Å². The molecule has 1 heterocycles. The number of sulfonamides is 1. The molecule has 1 unspecified atom stereocenters. The molecule has 0 aliphatic heterocycles. The maximum Gasteiger partial charge on any atom is 0.260 e. The van der Waals surface area contributed by atoms with Crippen molar-refractivity contribution in [1.29, 1.82) is 0 Å². The number of anilines is 1. The first-order valence-electron chi connectivity index (χ1n) is 5.91. The number of nitrogens with one attached hydrogen (secondary N) is 1. The van der Waals surface area contributed by atoms with Crippen molar-refractivity contribution in [3.05, 3.63) is 42.2 Å². The summed E-state index contributed by atoms with van der Waals surface area (Å²) < 4.78 is 27.9. The molecule has 2 rings (SSSR count). The van der Waals surface area contributed by atoms with Gasteiger partial charge in [0.05, 0.1) is 12.4 Å². The van der Waals surface area contributed by atoms with Gasteiger partial charge in [-0.1, -0.05) is 30.3 Å². The first kappa shape index (κ1) is 14.5. The molecule has 0 radical (unpaired) electrons. The smallest absolute Gasteiger partial charge is 0.260 e. The number of aliphatic hydroxyl groups excluding tert-OH is 1. The van der Waals surface area contributed by atoms with Crippen LogP contribution >= 0.6 is 0 Å². The van der Waals surface area contributed by atoms with Gasteiger partial charge in [0.1, 0.15) is 0 Å². The van der Waals surface area contributed by atoms with Crippen LogP contribution in [0.3, 0.4) is 0 Å². The van der Waals surface area contributed by atoms with Crippen molar-refractivity contribution in [3.63, 3.8) is 0 Å². The molecule has 0 saturated heterocycles. The number of imidazole rings is 1. The van der Waals surface area contributed by atoms with Crippen molar-refractivity contribution in [2.45, 2.75) is 11.1 Å². The van der Waals surface area contributed by atoms with E-state index in [2.05, 4.69) is 9.71 Å². The van der Waals surface area contributed by atoms with E-state index in [1.165, 1.54) is 17.9 Å². The van der Waals surface area contributed by atoms with Gasteiger partial charge in [0.15, 0.2) is 10.8 Å². The molecule has 7 nitrogen and oxygen atoms in total. The van der Waals surface area contributed by atoms with Crippen LogP contribution in [0.25, 0.3) is 0 Å². The van der Waals surface area contributed by atoms with E-state index in [1.807, 2.05) is 6.07 Å². The number of nitrogen functional groups attached to an aromatic ring is 1. The Hall–Kier alpha value is -1.90. The Kier molecular flexibility index (Phi) is 4.07. The molecule has 2 aromatic rings. The van der Waals surface area contributed by atoms with Gasteiger partial charge in [0, 0.05) is 13.6 Å². The fraction of sp³-hybridized carbons (Fsp3) is 0.250. The lowest BCUT2D eigenvalue weighted by atomic mass is 10.1. The van der Waals surface area contributed by atoms with Crippen molar-refractivity contribution in [2.75, 3.05) is 12.3 Å². The normalized spacial score (nSPS) is 13.3. The van der Waals surface area contributed by atoms with E-state index in [0.29, 0.717) is 5.56 Å². The zero-order chi connectivity index (χ0) is 14.8. The molecule has 108 valence electrons. The monoisotopic (exact) mass is 296 g/mol. The van der Waals surface area contributed by atoms with Crippen LogP contribution in [0.4, 0.5) is 5.82 Å². The number of hydrogen-bond acceptors (Lipinski definition) is 5. The van der Waals surface area contributed by atoms with E-state index in [1.54, 1.807) is 24.3 Å². The highest BCUT2D eigenvalue weighted by Gasteiger charge is 2.23. The molecule has 1 aromatic carbocycles. The van der Waals surface area contributed by atoms with Gasteiger partial charge in [-0.3, -0.25) is 0 Å². The number of rotatable bonds is 5. The highest BCUT2D eigenvalue weighted by Crippen LogP contribution is 2.16. The molecule has 0 aliphatic rings. The Morgan fingerprint density at radius 3 is 2.60 bits per heavy atom. The number of aromatic nitrogens is 2. The Morgan fingerprint density at radius 2 is 2.05 bits per heavy atom.